The molecule has 3 atom stereocenters. The largest absolute Gasteiger partial charge is 0.466 e. The van der Waals surface area contributed by atoms with Crippen LogP contribution in [-0.4, -0.2) is 48.0 Å². The number of hydrogen-bond donors (Lipinski definition) is 1. The average Bonchev–Trinajstić information content (AvgIpc) is 3.42. The van der Waals surface area contributed by atoms with Gasteiger partial charge in [-0.1, -0.05) is 17.7 Å². The minimum Gasteiger partial charge on any atom is -0.466 e. The molecule has 11 heteroatoms. The maximum Gasteiger partial charge on any atom is 0.338 e. The van der Waals surface area contributed by atoms with Gasteiger partial charge in [0.1, 0.15) is 11.9 Å². The van der Waals surface area contributed by atoms with Crippen molar-refractivity contribution in [2.75, 3.05) is 20.3 Å². The van der Waals surface area contributed by atoms with Crippen LogP contribution in [0.25, 0.3) is 0 Å². The fraction of sp³-hybridized carbons (Fsp3) is 0.350. The van der Waals surface area contributed by atoms with Gasteiger partial charge >= 0.3 is 5.97 Å². The van der Waals surface area contributed by atoms with Crippen molar-refractivity contribution in [3.05, 3.63) is 62.5 Å². The molecule has 2 aliphatic rings. The van der Waals surface area contributed by atoms with E-state index in [9.17, 15) is 9.18 Å². The Morgan fingerprint density at radius 2 is 2.32 bits per heavy atom. The number of carbonyl (C=O) groups is 1. The molecule has 2 aromatic rings. The number of benzene rings is 1. The Kier molecular flexibility index (Phi) is 6.99. The lowest BCUT2D eigenvalue weighted by molar-refractivity contribution is -0.136. The number of esters is 1. The number of nitrogens with zero attached hydrogens (tertiary/aromatic N) is 3. The zero-order valence-electron chi connectivity index (χ0n) is 16.9. The summed E-state index contributed by atoms with van der Waals surface area (Å²) in [5, 5.41) is 6.20. The van der Waals surface area contributed by atoms with E-state index in [1.807, 2.05) is 17.2 Å². The number of carbonyl (C=O) groups excluding carboxylic acids is 1. The molecular formula is C20H21ClFN4O3PS. The van der Waals surface area contributed by atoms with Crippen molar-refractivity contribution in [3.63, 3.8) is 0 Å². The molecule has 0 spiro atoms. The van der Waals surface area contributed by atoms with Crippen molar-refractivity contribution >= 4 is 43.7 Å². The standard InChI is InChI=1S/C20H21ClFN4O3PS/c1-3-29-30-25-12-9-15-16(20(27)28-2)17(13-5-4-11(22)8-14(13)21)24-18(26(15)10-12)19-23-6-7-31-19/h4-8,12,17,25,30H,3,9-10H2,1-2H3/t12-,17-/m0/s1. The molecular weight excluding hydrogens is 462 g/mol. The van der Waals surface area contributed by atoms with Gasteiger partial charge in [-0.2, -0.15) is 0 Å². The van der Waals surface area contributed by atoms with E-state index in [0.29, 0.717) is 36.5 Å². The smallest absolute Gasteiger partial charge is 0.338 e. The van der Waals surface area contributed by atoms with E-state index >= 15 is 0 Å². The first kappa shape index (κ1) is 22.3. The van der Waals surface area contributed by atoms with Crippen LogP contribution < -0.4 is 5.09 Å². The fourth-order valence-corrected chi connectivity index (χ4v) is 5.21. The Balaban J connectivity index is 1.82. The number of fused-ring (bicyclic) bond motifs is 1. The fourth-order valence-electron chi connectivity index (χ4n) is 3.71. The van der Waals surface area contributed by atoms with Gasteiger partial charge in [-0.05, 0) is 19.1 Å². The highest BCUT2D eigenvalue weighted by atomic mass is 35.5. The summed E-state index contributed by atoms with van der Waals surface area (Å²) in [5.41, 5.74) is 1.74. The number of ether oxygens (including phenoxy) is 1. The minimum absolute atomic E-state index is 0.0622. The van der Waals surface area contributed by atoms with E-state index in [1.165, 1.54) is 30.6 Å². The number of hydrogen-bond acceptors (Lipinski definition) is 8. The van der Waals surface area contributed by atoms with E-state index in [4.69, 9.17) is 25.9 Å². The van der Waals surface area contributed by atoms with Crippen molar-refractivity contribution < 1.29 is 18.4 Å². The molecule has 1 aromatic carbocycles. The van der Waals surface area contributed by atoms with Crippen LogP contribution in [0.5, 0.6) is 0 Å². The average molecular weight is 483 g/mol. The summed E-state index contributed by atoms with van der Waals surface area (Å²) >= 11 is 7.83. The highest BCUT2D eigenvalue weighted by Gasteiger charge is 2.42. The van der Waals surface area contributed by atoms with Gasteiger partial charge in [-0.15, -0.1) is 11.3 Å². The highest BCUT2D eigenvalue weighted by Crippen LogP contribution is 2.42. The number of nitrogens with one attached hydrogen (secondary N) is 1. The first-order chi connectivity index (χ1) is 15.0. The van der Waals surface area contributed by atoms with Gasteiger partial charge in [0.2, 0.25) is 0 Å². The summed E-state index contributed by atoms with van der Waals surface area (Å²) < 4.78 is 24.3. The molecule has 1 N–H and O–H groups in total. The quantitative estimate of drug-likeness (QED) is 0.364. The lowest BCUT2D eigenvalue weighted by Gasteiger charge is -2.31. The predicted molar refractivity (Wildman–Crippen MR) is 120 cm³/mol. The molecule has 31 heavy (non-hydrogen) atoms. The number of amidine groups is 1. The van der Waals surface area contributed by atoms with Gasteiger partial charge in [-0.3, -0.25) is 10.1 Å². The normalized spacial score (nSPS) is 21.0. The predicted octanol–water partition coefficient (Wildman–Crippen LogP) is 4.07. The van der Waals surface area contributed by atoms with E-state index in [1.54, 1.807) is 12.3 Å². The van der Waals surface area contributed by atoms with Crippen molar-refractivity contribution in [1.29, 1.82) is 0 Å². The highest BCUT2D eigenvalue weighted by molar-refractivity contribution is 7.29. The maximum atomic E-state index is 13.7. The van der Waals surface area contributed by atoms with Gasteiger partial charge in [0.15, 0.2) is 10.8 Å². The molecule has 1 saturated heterocycles. The van der Waals surface area contributed by atoms with Crippen LogP contribution >= 0.6 is 31.9 Å². The number of methoxy groups -OCH3 is 1. The summed E-state index contributed by atoms with van der Waals surface area (Å²) in [6.45, 7) is 3.17. The molecule has 0 radical (unpaired) electrons. The topological polar surface area (TPSA) is 76.0 Å². The number of halogens is 2. The Morgan fingerprint density at radius 1 is 1.48 bits per heavy atom. The van der Waals surface area contributed by atoms with Crippen molar-refractivity contribution in [2.24, 2.45) is 4.99 Å². The molecule has 2 aliphatic heterocycles. The monoisotopic (exact) mass is 482 g/mol. The third kappa shape index (κ3) is 4.52. The molecule has 3 heterocycles. The first-order valence-corrected chi connectivity index (χ1v) is 11.8. The molecule has 0 saturated carbocycles. The maximum absolute atomic E-state index is 13.7. The molecule has 7 nitrogen and oxygen atoms in total. The van der Waals surface area contributed by atoms with Crippen LogP contribution in [0.4, 0.5) is 4.39 Å². The van der Waals surface area contributed by atoms with Crippen LogP contribution in [0.2, 0.25) is 5.02 Å². The van der Waals surface area contributed by atoms with E-state index in [2.05, 4.69) is 10.1 Å². The van der Waals surface area contributed by atoms with Gasteiger partial charge in [0.05, 0.1) is 21.6 Å². The summed E-state index contributed by atoms with van der Waals surface area (Å²) in [4.78, 5) is 24.2. The number of rotatable bonds is 7. The molecule has 0 bridgehead atoms. The third-order valence-electron chi connectivity index (χ3n) is 5.03. The summed E-state index contributed by atoms with van der Waals surface area (Å²) in [7, 11) is 1.49. The Bertz CT molecular complexity index is 1030. The zero-order chi connectivity index (χ0) is 22.0. The molecule has 1 fully saturated rings. The first-order valence-electron chi connectivity index (χ1n) is 9.67. The summed E-state index contributed by atoms with van der Waals surface area (Å²) in [6, 6.07) is 3.44. The minimum atomic E-state index is -0.723. The van der Waals surface area contributed by atoms with Crippen molar-refractivity contribution in [1.82, 2.24) is 15.0 Å². The van der Waals surface area contributed by atoms with Gasteiger partial charge in [0.25, 0.3) is 0 Å². The Hall–Kier alpha value is -1.90. The van der Waals surface area contributed by atoms with E-state index in [-0.39, 0.29) is 20.0 Å². The third-order valence-corrected chi connectivity index (χ3v) is 7.08. The van der Waals surface area contributed by atoms with E-state index < -0.39 is 17.8 Å². The number of aromatic nitrogens is 1. The lowest BCUT2D eigenvalue weighted by atomic mass is 9.94. The Morgan fingerprint density at radius 3 is 3.00 bits per heavy atom. The van der Waals surface area contributed by atoms with Crippen molar-refractivity contribution in [2.45, 2.75) is 25.4 Å². The number of thiazole rings is 1. The van der Waals surface area contributed by atoms with Crippen LogP contribution in [0.3, 0.4) is 0 Å². The lowest BCUT2D eigenvalue weighted by Crippen LogP contribution is -2.36. The molecule has 4 rings (SSSR count). The Labute approximate surface area is 190 Å². The van der Waals surface area contributed by atoms with Crippen LogP contribution in [-0.2, 0) is 14.1 Å². The van der Waals surface area contributed by atoms with Crippen LogP contribution in [0.15, 0.2) is 46.0 Å². The van der Waals surface area contributed by atoms with Crippen LogP contribution in [0.1, 0.15) is 30.0 Å². The van der Waals surface area contributed by atoms with Gasteiger partial charge in [-0.25, -0.2) is 14.2 Å². The molecule has 1 aromatic heterocycles. The van der Waals surface area contributed by atoms with E-state index in [0.717, 1.165) is 10.7 Å². The van der Waals surface area contributed by atoms with Crippen molar-refractivity contribution in [3.8, 4) is 0 Å². The van der Waals surface area contributed by atoms with Gasteiger partial charge in [0, 0.05) is 53.5 Å². The molecule has 164 valence electrons. The summed E-state index contributed by atoms with van der Waals surface area (Å²) in [6.07, 6.45) is 2.30. The molecule has 0 aliphatic carbocycles. The van der Waals surface area contributed by atoms with Crippen LogP contribution in [0, 0.1) is 5.82 Å². The second kappa shape index (κ2) is 9.71. The molecule has 1 unspecified atom stereocenters. The zero-order valence-corrected chi connectivity index (χ0v) is 19.5. The molecule has 0 amide bonds. The second-order valence-corrected chi connectivity index (χ2v) is 8.98. The van der Waals surface area contributed by atoms with Gasteiger partial charge < -0.3 is 14.2 Å². The number of aliphatic imine (C=N–C) groups is 1. The second-order valence-electron chi connectivity index (χ2n) is 6.90. The summed E-state index contributed by atoms with van der Waals surface area (Å²) in [5.74, 6) is -0.281. The SMILES string of the molecule is CCOPN[C@H]1CC2=C(C(=O)OC)[C@H](c3ccc(F)cc3Cl)N=C(c3nccs3)N2C1.